The highest BCUT2D eigenvalue weighted by atomic mass is 16.3. The summed E-state index contributed by atoms with van der Waals surface area (Å²) >= 11 is 0. The van der Waals surface area contributed by atoms with E-state index < -0.39 is 0 Å². The van der Waals surface area contributed by atoms with E-state index in [1.54, 1.807) is 6.07 Å². The van der Waals surface area contributed by atoms with E-state index in [1.165, 1.54) is 5.56 Å². The molecule has 1 aromatic rings. The number of hydrogen-bond donors (Lipinski definition) is 2. The number of rotatable bonds is 2. The number of aromatic hydroxyl groups is 1. The van der Waals surface area contributed by atoms with E-state index in [0.717, 1.165) is 24.8 Å². The number of hydrogen-bond acceptors (Lipinski definition) is 2. The molecule has 0 saturated carbocycles. The lowest BCUT2D eigenvalue weighted by Crippen LogP contribution is -2.19. The lowest BCUT2D eigenvalue weighted by Gasteiger charge is -2.29. The molecular formula is C13H18O2. The summed E-state index contributed by atoms with van der Waals surface area (Å²) < 4.78 is 0. The molecule has 2 rings (SSSR count). The predicted molar refractivity (Wildman–Crippen MR) is 60.0 cm³/mol. The molecule has 1 aliphatic rings. The molecule has 2 unspecified atom stereocenters. The van der Waals surface area contributed by atoms with Gasteiger partial charge in [0.15, 0.2) is 0 Å². The summed E-state index contributed by atoms with van der Waals surface area (Å²) in [5.74, 6) is 1.11. The Morgan fingerprint density at radius 2 is 2.27 bits per heavy atom. The SMILES string of the molecule is CC(CO)C1CCCc2c(O)cccc21. The molecular weight excluding hydrogens is 188 g/mol. The van der Waals surface area contributed by atoms with Gasteiger partial charge in [-0.2, -0.15) is 0 Å². The van der Waals surface area contributed by atoms with E-state index in [1.807, 2.05) is 6.07 Å². The fraction of sp³-hybridized carbons (Fsp3) is 0.538. The minimum absolute atomic E-state index is 0.222. The predicted octanol–water partition coefficient (Wildman–Crippen LogP) is 2.44. The van der Waals surface area contributed by atoms with Crippen molar-refractivity contribution in [3.63, 3.8) is 0 Å². The molecule has 2 N–H and O–H groups in total. The van der Waals surface area contributed by atoms with Crippen molar-refractivity contribution in [1.29, 1.82) is 0 Å². The summed E-state index contributed by atoms with van der Waals surface area (Å²) in [6, 6.07) is 5.74. The van der Waals surface area contributed by atoms with Crippen LogP contribution in [0.3, 0.4) is 0 Å². The molecule has 82 valence electrons. The third-order valence-corrected chi connectivity index (χ3v) is 3.50. The average molecular weight is 206 g/mol. The maximum Gasteiger partial charge on any atom is 0.119 e. The summed E-state index contributed by atoms with van der Waals surface area (Å²) in [4.78, 5) is 0. The molecule has 2 nitrogen and oxygen atoms in total. The first-order valence-corrected chi connectivity index (χ1v) is 5.65. The van der Waals surface area contributed by atoms with Gasteiger partial charge in [-0.15, -0.1) is 0 Å². The van der Waals surface area contributed by atoms with Crippen LogP contribution in [-0.2, 0) is 6.42 Å². The molecule has 1 aromatic carbocycles. The van der Waals surface area contributed by atoms with E-state index in [9.17, 15) is 10.2 Å². The molecule has 0 saturated heterocycles. The van der Waals surface area contributed by atoms with Gasteiger partial charge in [0, 0.05) is 6.61 Å². The van der Waals surface area contributed by atoms with Gasteiger partial charge in [-0.3, -0.25) is 0 Å². The zero-order valence-corrected chi connectivity index (χ0v) is 9.11. The van der Waals surface area contributed by atoms with Crippen molar-refractivity contribution in [2.24, 2.45) is 5.92 Å². The van der Waals surface area contributed by atoms with Crippen molar-refractivity contribution >= 4 is 0 Å². The Balaban J connectivity index is 2.38. The maximum atomic E-state index is 9.77. The van der Waals surface area contributed by atoms with Crippen LogP contribution in [0.15, 0.2) is 18.2 Å². The smallest absolute Gasteiger partial charge is 0.119 e. The number of fused-ring (bicyclic) bond motifs is 1. The molecule has 0 spiro atoms. The van der Waals surface area contributed by atoms with Gasteiger partial charge in [0.2, 0.25) is 0 Å². The monoisotopic (exact) mass is 206 g/mol. The Morgan fingerprint density at radius 3 is 3.00 bits per heavy atom. The van der Waals surface area contributed by atoms with Gasteiger partial charge in [-0.1, -0.05) is 19.1 Å². The summed E-state index contributed by atoms with van der Waals surface area (Å²) in [7, 11) is 0. The highest BCUT2D eigenvalue weighted by molar-refractivity contribution is 5.42. The average Bonchev–Trinajstić information content (AvgIpc) is 2.28. The van der Waals surface area contributed by atoms with Crippen molar-refractivity contribution in [2.45, 2.75) is 32.1 Å². The second-order valence-corrected chi connectivity index (χ2v) is 4.50. The van der Waals surface area contributed by atoms with Crippen LogP contribution < -0.4 is 0 Å². The molecule has 2 atom stereocenters. The fourth-order valence-corrected chi connectivity index (χ4v) is 2.58. The van der Waals surface area contributed by atoms with Crippen LogP contribution in [0.5, 0.6) is 5.75 Å². The van der Waals surface area contributed by atoms with E-state index in [-0.39, 0.29) is 12.5 Å². The van der Waals surface area contributed by atoms with E-state index in [0.29, 0.717) is 11.7 Å². The lowest BCUT2D eigenvalue weighted by atomic mass is 9.76. The molecule has 2 heteroatoms. The normalized spacial score (nSPS) is 22.1. The maximum absolute atomic E-state index is 9.77. The molecule has 0 heterocycles. The lowest BCUT2D eigenvalue weighted by molar-refractivity contribution is 0.207. The highest BCUT2D eigenvalue weighted by Gasteiger charge is 2.25. The standard InChI is InChI=1S/C13H18O2/c1-9(8-14)10-4-2-6-12-11(10)5-3-7-13(12)15/h3,5,7,9-10,14-15H,2,4,6,8H2,1H3. The number of phenols is 1. The van der Waals surface area contributed by atoms with Gasteiger partial charge in [0.05, 0.1) is 0 Å². The van der Waals surface area contributed by atoms with Crippen LogP contribution in [0, 0.1) is 5.92 Å². The van der Waals surface area contributed by atoms with Crippen LogP contribution in [0.2, 0.25) is 0 Å². The second-order valence-electron chi connectivity index (χ2n) is 4.50. The number of aliphatic hydroxyl groups is 1. The number of benzene rings is 1. The quantitative estimate of drug-likeness (QED) is 0.780. The van der Waals surface area contributed by atoms with Crippen LogP contribution >= 0.6 is 0 Å². The molecule has 0 amide bonds. The van der Waals surface area contributed by atoms with Gasteiger partial charge >= 0.3 is 0 Å². The first kappa shape index (κ1) is 10.5. The van der Waals surface area contributed by atoms with Crippen molar-refractivity contribution < 1.29 is 10.2 Å². The number of aliphatic hydroxyl groups excluding tert-OH is 1. The summed E-state index contributed by atoms with van der Waals surface area (Å²) in [6.45, 7) is 2.30. The van der Waals surface area contributed by atoms with Crippen LogP contribution in [-0.4, -0.2) is 16.8 Å². The second kappa shape index (κ2) is 4.23. The first-order valence-electron chi connectivity index (χ1n) is 5.65. The van der Waals surface area contributed by atoms with Crippen LogP contribution in [0.25, 0.3) is 0 Å². The molecule has 0 radical (unpaired) electrons. The largest absolute Gasteiger partial charge is 0.508 e. The van der Waals surface area contributed by atoms with E-state index >= 15 is 0 Å². The Hall–Kier alpha value is -1.02. The summed E-state index contributed by atoms with van der Waals surface area (Å²) in [5.41, 5.74) is 2.33. The van der Waals surface area contributed by atoms with Gasteiger partial charge < -0.3 is 10.2 Å². The Labute approximate surface area is 90.6 Å². The van der Waals surface area contributed by atoms with Gasteiger partial charge in [-0.25, -0.2) is 0 Å². The van der Waals surface area contributed by atoms with Crippen molar-refractivity contribution in [3.05, 3.63) is 29.3 Å². The van der Waals surface area contributed by atoms with Crippen LogP contribution in [0.1, 0.15) is 36.8 Å². The minimum atomic E-state index is 0.222. The van der Waals surface area contributed by atoms with Crippen LogP contribution in [0.4, 0.5) is 0 Å². The zero-order valence-electron chi connectivity index (χ0n) is 9.11. The summed E-state index contributed by atoms with van der Waals surface area (Å²) in [6.07, 6.45) is 3.20. The minimum Gasteiger partial charge on any atom is -0.508 e. The fourth-order valence-electron chi connectivity index (χ4n) is 2.58. The number of phenolic OH excluding ortho intramolecular Hbond substituents is 1. The molecule has 0 bridgehead atoms. The molecule has 1 aliphatic carbocycles. The molecule has 15 heavy (non-hydrogen) atoms. The van der Waals surface area contributed by atoms with E-state index in [2.05, 4.69) is 13.0 Å². The van der Waals surface area contributed by atoms with Gasteiger partial charge in [0.25, 0.3) is 0 Å². The Bertz CT molecular complexity index is 346. The van der Waals surface area contributed by atoms with E-state index in [4.69, 9.17) is 0 Å². The van der Waals surface area contributed by atoms with Gasteiger partial charge in [-0.05, 0) is 48.3 Å². The third-order valence-electron chi connectivity index (χ3n) is 3.50. The zero-order chi connectivity index (χ0) is 10.8. The highest BCUT2D eigenvalue weighted by Crippen LogP contribution is 2.39. The van der Waals surface area contributed by atoms with Crippen molar-refractivity contribution in [2.75, 3.05) is 6.61 Å². The Morgan fingerprint density at radius 1 is 1.47 bits per heavy atom. The first-order chi connectivity index (χ1) is 7.24. The summed E-state index contributed by atoms with van der Waals surface area (Å²) in [5, 5.41) is 19.0. The van der Waals surface area contributed by atoms with Crippen molar-refractivity contribution in [3.8, 4) is 5.75 Å². The third kappa shape index (κ3) is 1.86. The molecule has 0 aliphatic heterocycles. The van der Waals surface area contributed by atoms with Crippen molar-refractivity contribution in [1.82, 2.24) is 0 Å². The molecule has 0 aromatic heterocycles. The van der Waals surface area contributed by atoms with Gasteiger partial charge in [0.1, 0.15) is 5.75 Å². The Kier molecular flexibility index (Phi) is 2.96. The molecule has 0 fully saturated rings. The topological polar surface area (TPSA) is 40.5 Å².